The molecule has 1 aliphatic rings. The Hall–Kier alpha value is -0.570. The van der Waals surface area contributed by atoms with Gasteiger partial charge in [-0.05, 0) is 31.2 Å². The van der Waals surface area contributed by atoms with Crippen molar-refractivity contribution in [3.63, 3.8) is 0 Å². The first-order valence-corrected chi connectivity index (χ1v) is 5.63. The molecule has 0 spiro atoms. The summed E-state index contributed by atoms with van der Waals surface area (Å²) in [4.78, 5) is 13.8. The van der Waals surface area contributed by atoms with Crippen molar-refractivity contribution in [1.29, 1.82) is 0 Å². The first-order chi connectivity index (χ1) is 6.85. The number of rotatable bonds is 4. The van der Waals surface area contributed by atoms with E-state index in [1.165, 1.54) is 7.11 Å². The molecule has 0 radical (unpaired) electrons. The SMILES string of the molecule is COC(=O)C(C1CC1)N(C)CC(C)(C)C. The molecule has 3 heteroatoms. The van der Waals surface area contributed by atoms with Gasteiger partial charge in [-0.1, -0.05) is 20.8 Å². The Balaban J connectivity index is 2.59. The van der Waals surface area contributed by atoms with Gasteiger partial charge in [0.05, 0.1) is 7.11 Å². The minimum Gasteiger partial charge on any atom is -0.468 e. The van der Waals surface area contributed by atoms with Crippen molar-refractivity contribution in [3.8, 4) is 0 Å². The molecule has 0 heterocycles. The molecule has 1 saturated carbocycles. The normalized spacial score (nSPS) is 19.1. The van der Waals surface area contributed by atoms with Crippen LogP contribution in [-0.4, -0.2) is 37.6 Å². The summed E-state index contributed by atoms with van der Waals surface area (Å²) in [7, 11) is 3.49. The number of nitrogens with zero attached hydrogens (tertiary/aromatic N) is 1. The summed E-state index contributed by atoms with van der Waals surface area (Å²) in [6, 6.07) is -0.0331. The van der Waals surface area contributed by atoms with Crippen molar-refractivity contribution in [1.82, 2.24) is 4.90 Å². The summed E-state index contributed by atoms with van der Waals surface area (Å²) in [5, 5.41) is 0. The first kappa shape index (κ1) is 12.5. The van der Waals surface area contributed by atoms with Gasteiger partial charge in [0, 0.05) is 6.54 Å². The van der Waals surface area contributed by atoms with Crippen LogP contribution in [0.25, 0.3) is 0 Å². The van der Waals surface area contributed by atoms with Gasteiger partial charge >= 0.3 is 5.97 Å². The van der Waals surface area contributed by atoms with Crippen molar-refractivity contribution in [3.05, 3.63) is 0 Å². The maximum atomic E-state index is 11.7. The number of methoxy groups -OCH3 is 1. The van der Waals surface area contributed by atoms with E-state index in [1.54, 1.807) is 0 Å². The molecule has 3 nitrogen and oxygen atoms in total. The molecule has 1 rings (SSSR count). The molecule has 0 aromatic carbocycles. The number of carbonyl (C=O) groups excluding carboxylic acids is 1. The van der Waals surface area contributed by atoms with Crippen LogP contribution in [-0.2, 0) is 9.53 Å². The van der Waals surface area contributed by atoms with E-state index in [-0.39, 0.29) is 17.4 Å². The van der Waals surface area contributed by atoms with Crippen LogP contribution in [0, 0.1) is 11.3 Å². The Morgan fingerprint density at radius 2 is 2.00 bits per heavy atom. The molecular formula is C12H23NO2. The van der Waals surface area contributed by atoms with Crippen LogP contribution in [0.4, 0.5) is 0 Å². The van der Waals surface area contributed by atoms with Crippen molar-refractivity contribution in [2.75, 3.05) is 20.7 Å². The van der Waals surface area contributed by atoms with Gasteiger partial charge in [-0.25, -0.2) is 0 Å². The fraction of sp³-hybridized carbons (Fsp3) is 0.917. The first-order valence-electron chi connectivity index (χ1n) is 5.63. The smallest absolute Gasteiger partial charge is 0.323 e. The highest BCUT2D eigenvalue weighted by atomic mass is 16.5. The fourth-order valence-corrected chi connectivity index (χ4v) is 2.11. The second kappa shape index (κ2) is 4.52. The summed E-state index contributed by atoms with van der Waals surface area (Å²) in [5.74, 6) is 0.439. The van der Waals surface area contributed by atoms with Gasteiger partial charge in [-0.3, -0.25) is 9.69 Å². The zero-order valence-electron chi connectivity index (χ0n) is 10.5. The van der Waals surface area contributed by atoms with Crippen LogP contribution in [0.2, 0.25) is 0 Å². The number of hydrogen-bond acceptors (Lipinski definition) is 3. The fourth-order valence-electron chi connectivity index (χ4n) is 2.11. The van der Waals surface area contributed by atoms with E-state index >= 15 is 0 Å². The Morgan fingerprint density at radius 1 is 1.47 bits per heavy atom. The van der Waals surface area contributed by atoms with E-state index in [0.29, 0.717) is 5.92 Å². The molecule has 0 aromatic rings. The van der Waals surface area contributed by atoms with Gasteiger partial charge in [0.15, 0.2) is 0 Å². The molecule has 1 unspecified atom stereocenters. The Morgan fingerprint density at radius 3 is 2.33 bits per heavy atom. The van der Waals surface area contributed by atoms with Crippen molar-refractivity contribution >= 4 is 5.97 Å². The number of ether oxygens (including phenoxy) is 1. The summed E-state index contributed by atoms with van der Waals surface area (Å²) >= 11 is 0. The third kappa shape index (κ3) is 3.82. The summed E-state index contributed by atoms with van der Waals surface area (Å²) in [6.07, 6.45) is 2.32. The van der Waals surface area contributed by atoms with E-state index in [1.807, 2.05) is 7.05 Å². The van der Waals surface area contributed by atoms with Crippen molar-refractivity contribution in [2.45, 2.75) is 39.7 Å². The Kier molecular flexibility index (Phi) is 3.77. The zero-order chi connectivity index (χ0) is 11.6. The van der Waals surface area contributed by atoms with E-state index in [9.17, 15) is 4.79 Å². The Bertz CT molecular complexity index is 228. The minimum atomic E-state index is -0.0794. The second-order valence-electron chi connectivity index (χ2n) is 5.78. The van der Waals surface area contributed by atoms with Crippen molar-refractivity contribution < 1.29 is 9.53 Å². The van der Waals surface area contributed by atoms with E-state index in [0.717, 1.165) is 19.4 Å². The molecule has 0 amide bonds. The molecule has 0 aromatic heterocycles. The third-order valence-corrected chi connectivity index (χ3v) is 2.71. The lowest BCUT2D eigenvalue weighted by molar-refractivity contribution is -0.147. The highest BCUT2D eigenvalue weighted by Crippen LogP contribution is 2.36. The second-order valence-corrected chi connectivity index (χ2v) is 5.78. The van der Waals surface area contributed by atoms with Crippen molar-refractivity contribution in [2.24, 2.45) is 11.3 Å². The minimum absolute atomic E-state index is 0.0331. The number of carbonyl (C=O) groups is 1. The zero-order valence-corrected chi connectivity index (χ0v) is 10.5. The van der Waals surface area contributed by atoms with Gasteiger partial charge in [0.25, 0.3) is 0 Å². The van der Waals surface area contributed by atoms with Gasteiger partial charge in [0.2, 0.25) is 0 Å². The molecule has 0 N–H and O–H groups in total. The molecule has 1 aliphatic carbocycles. The van der Waals surface area contributed by atoms with Crippen LogP contribution in [0.3, 0.4) is 0 Å². The molecular weight excluding hydrogens is 190 g/mol. The van der Waals surface area contributed by atoms with Gasteiger partial charge in [-0.15, -0.1) is 0 Å². The average molecular weight is 213 g/mol. The monoisotopic (exact) mass is 213 g/mol. The maximum Gasteiger partial charge on any atom is 0.323 e. The largest absolute Gasteiger partial charge is 0.468 e. The topological polar surface area (TPSA) is 29.5 Å². The lowest BCUT2D eigenvalue weighted by Gasteiger charge is -2.31. The van der Waals surface area contributed by atoms with Gasteiger partial charge in [0.1, 0.15) is 6.04 Å². The van der Waals surface area contributed by atoms with Crippen LogP contribution in [0.15, 0.2) is 0 Å². The molecule has 88 valence electrons. The van der Waals surface area contributed by atoms with Crippen LogP contribution < -0.4 is 0 Å². The van der Waals surface area contributed by atoms with Gasteiger partial charge in [-0.2, -0.15) is 0 Å². The standard InChI is InChI=1S/C12H23NO2/c1-12(2,3)8-13(4)10(9-6-7-9)11(14)15-5/h9-10H,6-8H2,1-5H3. The maximum absolute atomic E-state index is 11.7. The van der Waals surface area contributed by atoms with E-state index in [2.05, 4.69) is 25.7 Å². The molecule has 0 bridgehead atoms. The molecule has 1 fully saturated rings. The molecule has 15 heavy (non-hydrogen) atoms. The summed E-state index contributed by atoms with van der Waals surface area (Å²) in [5.41, 5.74) is 0.218. The lowest BCUT2D eigenvalue weighted by Crippen LogP contribution is -2.44. The predicted octanol–water partition coefficient (Wildman–Crippen LogP) is 1.92. The van der Waals surface area contributed by atoms with E-state index in [4.69, 9.17) is 4.74 Å². The molecule has 0 aliphatic heterocycles. The number of likely N-dealkylation sites (N-methyl/N-ethyl adjacent to an activating group) is 1. The lowest BCUT2D eigenvalue weighted by atomic mass is 9.95. The van der Waals surface area contributed by atoms with E-state index < -0.39 is 0 Å². The Labute approximate surface area is 92.8 Å². The molecule has 1 atom stereocenters. The van der Waals surface area contributed by atoms with Crippen LogP contribution >= 0.6 is 0 Å². The molecule has 0 saturated heterocycles. The van der Waals surface area contributed by atoms with Gasteiger partial charge < -0.3 is 4.74 Å². The number of hydrogen-bond donors (Lipinski definition) is 0. The quantitative estimate of drug-likeness (QED) is 0.668. The summed E-state index contributed by atoms with van der Waals surface area (Å²) < 4.78 is 4.87. The average Bonchev–Trinajstić information content (AvgIpc) is 2.85. The highest BCUT2D eigenvalue weighted by Gasteiger charge is 2.40. The van der Waals surface area contributed by atoms with Crippen LogP contribution in [0.5, 0.6) is 0 Å². The highest BCUT2D eigenvalue weighted by molar-refractivity contribution is 5.76. The predicted molar refractivity (Wildman–Crippen MR) is 60.6 cm³/mol. The summed E-state index contributed by atoms with van der Waals surface area (Å²) in [6.45, 7) is 7.48. The third-order valence-electron chi connectivity index (χ3n) is 2.71. The number of esters is 1. The van der Waals surface area contributed by atoms with Crippen LogP contribution in [0.1, 0.15) is 33.6 Å².